The molecule has 0 amide bonds. The second kappa shape index (κ2) is 7.20. The van der Waals surface area contributed by atoms with Gasteiger partial charge in [0.2, 0.25) is 0 Å². The van der Waals surface area contributed by atoms with Crippen molar-refractivity contribution < 1.29 is 0 Å². The first-order chi connectivity index (χ1) is 17.1. The lowest BCUT2D eigenvalue weighted by molar-refractivity contribution is 0.726. The molecule has 1 heteroatoms. The van der Waals surface area contributed by atoms with Gasteiger partial charge in [-0.2, -0.15) is 0 Å². The molecular weight excluding hydrogens is 422 g/mol. The lowest BCUT2D eigenvalue weighted by Gasteiger charge is -2.42. The summed E-state index contributed by atoms with van der Waals surface area (Å²) in [4.78, 5) is 0. The van der Waals surface area contributed by atoms with Gasteiger partial charge in [0.25, 0.3) is 0 Å². The molecule has 0 atom stereocenters. The van der Waals surface area contributed by atoms with Crippen molar-refractivity contribution in [3.8, 4) is 5.69 Å². The number of aryl methyl sites for hydroxylation is 3. The predicted octanol–water partition coefficient (Wildman–Crippen LogP) is 8.41. The number of fused-ring (bicyclic) bond motifs is 5. The number of aromatic nitrogens is 1. The summed E-state index contributed by atoms with van der Waals surface area (Å²) in [5.41, 5.74) is 12.6. The van der Waals surface area contributed by atoms with Crippen LogP contribution in [-0.4, -0.2) is 4.57 Å². The Morgan fingerprint density at radius 1 is 0.514 bits per heavy atom. The van der Waals surface area contributed by atoms with Crippen molar-refractivity contribution >= 4 is 21.8 Å². The van der Waals surface area contributed by atoms with Crippen LogP contribution < -0.4 is 0 Å². The molecule has 1 aliphatic rings. The zero-order valence-corrected chi connectivity index (χ0v) is 20.3. The van der Waals surface area contributed by atoms with Crippen molar-refractivity contribution in [2.24, 2.45) is 0 Å². The molecule has 0 radical (unpaired) electrons. The van der Waals surface area contributed by atoms with Gasteiger partial charge in [-0.05, 0) is 55.2 Å². The maximum absolute atomic E-state index is 2.50. The topological polar surface area (TPSA) is 4.93 Å². The number of para-hydroxylation sites is 2. The van der Waals surface area contributed by atoms with E-state index in [0.717, 1.165) is 0 Å². The van der Waals surface area contributed by atoms with Gasteiger partial charge < -0.3 is 4.57 Å². The Labute approximate surface area is 206 Å². The lowest BCUT2D eigenvalue weighted by Crippen LogP contribution is -2.35. The van der Waals surface area contributed by atoms with E-state index in [4.69, 9.17) is 0 Å². The van der Waals surface area contributed by atoms with Gasteiger partial charge in [0, 0.05) is 10.8 Å². The Hall–Kier alpha value is -4.10. The highest BCUT2D eigenvalue weighted by Gasteiger charge is 2.45. The Morgan fingerprint density at radius 2 is 1.11 bits per heavy atom. The quantitative estimate of drug-likeness (QED) is 0.250. The molecule has 7 rings (SSSR count). The minimum atomic E-state index is -0.410. The summed E-state index contributed by atoms with van der Waals surface area (Å²) in [6.45, 7) is 6.54. The summed E-state index contributed by atoms with van der Waals surface area (Å²) >= 11 is 0. The monoisotopic (exact) mass is 449 g/mol. The highest BCUT2D eigenvalue weighted by molar-refractivity contribution is 6.12. The molecular formula is C34H27N. The molecule has 2 heterocycles. The molecule has 0 spiro atoms. The van der Waals surface area contributed by atoms with Gasteiger partial charge >= 0.3 is 0 Å². The summed E-state index contributed by atoms with van der Waals surface area (Å²) in [7, 11) is 0. The fraction of sp³-hybridized carbons (Fsp3) is 0.118. The molecule has 0 N–H and O–H groups in total. The van der Waals surface area contributed by atoms with Crippen molar-refractivity contribution in [2.45, 2.75) is 26.2 Å². The maximum Gasteiger partial charge on any atom is 0.0742 e. The van der Waals surface area contributed by atoms with Gasteiger partial charge in [0.1, 0.15) is 0 Å². The average Bonchev–Trinajstić information content (AvgIpc) is 3.22. The fourth-order valence-electron chi connectivity index (χ4n) is 6.26. The van der Waals surface area contributed by atoms with E-state index in [1.165, 1.54) is 66.4 Å². The van der Waals surface area contributed by atoms with Gasteiger partial charge in [0.15, 0.2) is 0 Å². The number of benzene rings is 5. The van der Waals surface area contributed by atoms with Crippen LogP contribution in [0.2, 0.25) is 0 Å². The highest BCUT2D eigenvalue weighted by Crippen LogP contribution is 2.54. The van der Waals surface area contributed by atoms with E-state index in [-0.39, 0.29) is 0 Å². The number of hydrogen-bond acceptors (Lipinski definition) is 0. The fourth-order valence-corrected chi connectivity index (χ4v) is 6.26. The standard InChI is InChI=1S/C34H27N/c1-22-11-16-25(17-12-22)34(26-18-13-23(2)14-19-26)29-9-6-8-28-27-7-4-5-10-31(27)35(33(28)29)32-20-15-24(3)21-30(32)34/h4-21H,1-3H3. The highest BCUT2D eigenvalue weighted by atomic mass is 15.0. The van der Waals surface area contributed by atoms with Crippen LogP contribution in [0.1, 0.15) is 38.9 Å². The Morgan fingerprint density at radius 3 is 1.80 bits per heavy atom. The molecule has 0 aliphatic carbocycles. The third-order valence-electron chi connectivity index (χ3n) is 7.86. The van der Waals surface area contributed by atoms with Gasteiger partial charge in [0.05, 0.1) is 22.1 Å². The largest absolute Gasteiger partial charge is 0.309 e. The minimum absolute atomic E-state index is 0.410. The van der Waals surface area contributed by atoms with Gasteiger partial charge in [-0.15, -0.1) is 0 Å². The molecule has 168 valence electrons. The van der Waals surface area contributed by atoms with E-state index in [2.05, 4.69) is 135 Å². The third kappa shape index (κ3) is 2.64. The van der Waals surface area contributed by atoms with E-state index in [0.29, 0.717) is 0 Å². The Kier molecular flexibility index (Phi) is 4.17. The van der Waals surface area contributed by atoms with Gasteiger partial charge in [-0.3, -0.25) is 0 Å². The van der Waals surface area contributed by atoms with Crippen molar-refractivity contribution in [1.82, 2.24) is 4.57 Å². The van der Waals surface area contributed by atoms with Crippen LogP contribution in [0.5, 0.6) is 0 Å². The van der Waals surface area contributed by atoms with E-state index < -0.39 is 5.41 Å². The Bertz CT molecular complexity index is 1700. The normalized spacial score (nSPS) is 13.8. The predicted molar refractivity (Wildman–Crippen MR) is 147 cm³/mol. The molecule has 6 aromatic rings. The van der Waals surface area contributed by atoms with Crippen molar-refractivity contribution in [3.63, 3.8) is 0 Å². The van der Waals surface area contributed by atoms with Crippen molar-refractivity contribution in [2.75, 3.05) is 0 Å². The molecule has 0 saturated carbocycles. The van der Waals surface area contributed by atoms with Crippen LogP contribution in [0.4, 0.5) is 0 Å². The van der Waals surface area contributed by atoms with E-state index in [1.807, 2.05) is 0 Å². The Balaban J connectivity index is 1.77. The first kappa shape index (κ1) is 20.3. The first-order valence-electron chi connectivity index (χ1n) is 12.4. The van der Waals surface area contributed by atoms with E-state index in [1.54, 1.807) is 0 Å². The molecule has 0 saturated heterocycles. The van der Waals surface area contributed by atoms with Gasteiger partial charge in [-0.25, -0.2) is 0 Å². The summed E-state index contributed by atoms with van der Waals surface area (Å²) in [5.74, 6) is 0. The summed E-state index contributed by atoms with van der Waals surface area (Å²) < 4.78 is 2.50. The first-order valence-corrected chi connectivity index (χ1v) is 12.4. The molecule has 35 heavy (non-hydrogen) atoms. The number of rotatable bonds is 2. The van der Waals surface area contributed by atoms with Crippen LogP contribution in [0.25, 0.3) is 27.5 Å². The van der Waals surface area contributed by atoms with Crippen LogP contribution in [0.3, 0.4) is 0 Å². The molecule has 1 aliphatic heterocycles. The van der Waals surface area contributed by atoms with Crippen LogP contribution in [0.15, 0.2) is 109 Å². The summed E-state index contributed by atoms with van der Waals surface area (Å²) in [6.07, 6.45) is 0. The molecule has 0 unspecified atom stereocenters. The van der Waals surface area contributed by atoms with Gasteiger partial charge in [-0.1, -0.05) is 114 Å². The lowest BCUT2D eigenvalue weighted by atomic mass is 9.62. The minimum Gasteiger partial charge on any atom is -0.309 e. The zero-order chi connectivity index (χ0) is 23.7. The SMILES string of the molecule is Cc1ccc(C2(c3ccc(C)cc3)c3cc(C)ccc3-n3c4ccccc4c4cccc2c43)cc1. The van der Waals surface area contributed by atoms with Crippen molar-refractivity contribution in [3.05, 3.63) is 148 Å². The van der Waals surface area contributed by atoms with Crippen molar-refractivity contribution in [1.29, 1.82) is 0 Å². The average molecular weight is 450 g/mol. The zero-order valence-electron chi connectivity index (χ0n) is 20.3. The maximum atomic E-state index is 2.50. The smallest absolute Gasteiger partial charge is 0.0742 e. The number of nitrogens with zero attached hydrogens (tertiary/aromatic N) is 1. The summed E-state index contributed by atoms with van der Waals surface area (Å²) in [5, 5.41) is 2.62. The molecule has 1 aromatic heterocycles. The van der Waals surface area contributed by atoms with Crippen LogP contribution in [0, 0.1) is 20.8 Å². The molecule has 0 bridgehead atoms. The summed E-state index contributed by atoms with van der Waals surface area (Å²) in [6, 6.07) is 41.0. The second-order valence-electron chi connectivity index (χ2n) is 10.1. The second-order valence-corrected chi connectivity index (χ2v) is 10.1. The molecule has 0 fully saturated rings. The van der Waals surface area contributed by atoms with E-state index >= 15 is 0 Å². The van der Waals surface area contributed by atoms with E-state index in [9.17, 15) is 0 Å². The van der Waals surface area contributed by atoms with Crippen LogP contribution >= 0.6 is 0 Å². The van der Waals surface area contributed by atoms with Crippen LogP contribution in [-0.2, 0) is 5.41 Å². The molecule has 5 aromatic carbocycles. The third-order valence-corrected chi connectivity index (χ3v) is 7.86. The molecule has 1 nitrogen and oxygen atoms in total. The number of hydrogen-bond donors (Lipinski definition) is 0.